The Bertz CT molecular complexity index is 437. The van der Waals surface area contributed by atoms with Crippen molar-refractivity contribution < 1.29 is 0 Å². The van der Waals surface area contributed by atoms with Crippen LogP contribution in [0.25, 0.3) is 5.82 Å². The summed E-state index contributed by atoms with van der Waals surface area (Å²) in [5.74, 6) is 0.698. The first-order valence-corrected chi connectivity index (χ1v) is 4.07. The Kier molecular flexibility index (Phi) is 2.19. The molecule has 68 valence electrons. The van der Waals surface area contributed by atoms with Crippen LogP contribution in [0.4, 0.5) is 0 Å². The maximum absolute atomic E-state index is 8.47. The number of hydrogen-bond donors (Lipinski definition) is 0. The van der Waals surface area contributed by atoms with Crippen LogP contribution in [0, 0.1) is 11.3 Å². The third-order valence-electron chi connectivity index (χ3n) is 1.75. The molecule has 0 atom stereocenters. The lowest BCUT2D eigenvalue weighted by atomic mass is 10.2. The third kappa shape index (κ3) is 1.59. The zero-order valence-corrected chi connectivity index (χ0v) is 7.33. The summed E-state index contributed by atoms with van der Waals surface area (Å²) in [4.78, 5) is 7.97. The van der Waals surface area contributed by atoms with Crippen molar-refractivity contribution in [3.8, 4) is 11.9 Å². The minimum absolute atomic E-state index is 0.380. The van der Waals surface area contributed by atoms with E-state index in [4.69, 9.17) is 5.26 Å². The number of nitrogens with zero attached hydrogens (tertiary/aromatic N) is 5. The highest BCUT2D eigenvalue weighted by atomic mass is 15.3. The van der Waals surface area contributed by atoms with Gasteiger partial charge >= 0.3 is 0 Å². The Balaban J connectivity index is 2.27. The molecular weight excluding hydrogens is 178 g/mol. The molecule has 0 unspecified atom stereocenters. The summed E-state index contributed by atoms with van der Waals surface area (Å²) < 4.78 is 1.57. The van der Waals surface area contributed by atoms with Crippen molar-refractivity contribution in [1.82, 2.24) is 19.7 Å². The molecule has 0 saturated heterocycles. The fourth-order valence-electron chi connectivity index (χ4n) is 1.07. The second-order valence-corrected chi connectivity index (χ2v) is 2.70. The van der Waals surface area contributed by atoms with Gasteiger partial charge in [-0.05, 0) is 11.6 Å². The maximum atomic E-state index is 8.47. The Labute approximate surface area is 80.7 Å². The lowest BCUT2D eigenvalue weighted by molar-refractivity contribution is 0.843. The molecule has 14 heavy (non-hydrogen) atoms. The SMILES string of the molecule is N#CCc1ccc(-n2cncn2)nc1. The largest absolute Gasteiger partial charge is 0.237 e. The second-order valence-electron chi connectivity index (χ2n) is 2.70. The topological polar surface area (TPSA) is 67.4 Å². The van der Waals surface area contributed by atoms with Crippen LogP contribution in [0.3, 0.4) is 0 Å². The van der Waals surface area contributed by atoms with E-state index in [1.165, 1.54) is 6.33 Å². The minimum Gasteiger partial charge on any atom is -0.237 e. The zero-order chi connectivity index (χ0) is 9.80. The molecule has 2 aromatic heterocycles. The molecule has 2 heterocycles. The van der Waals surface area contributed by atoms with Gasteiger partial charge in [0.15, 0.2) is 5.82 Å². The van der Waals surface area contributed by atoms with Crippen LogP contribution >= 0.6 is 0 Å². The summed E-state index contributed by atoms with van der Waals surface area (Å²) >= 11 is 0. The fourth-order valence-corrected chi connectivity index (χ4v) is 1.07. The van der Waals surface area contributed by atoms with Gasteiger partial charge in [0, 0.05) is 6.20 Å². The molecule has 0 N–H and O–H groups in total. The molecule has 0 aliphatic carbocycles. The van der Waals surface area contributed by atoms with E-state index < -0.39 is 0 Å². The van der Waals surface area contributed by atoms with Gasteiger partial charge < -0.3 is 0 Å². The van der Waals surface area contributed by atoms with Crippen LogP contribution < -0.4 is 0 Å². The predicted octanol–water partition coefficient (Wildman–Crippen LogP) is 0.728. The lowest BCUT2D eigenvalue weighted by Crippen LogP contribution is -1.97. The van der Waals surface area contributed by atoms with Crippen LogP contribution in [0.1, 0.15) is 5.56 Å². The summed E-state index contributed by atoms with van der Waals surface area (Å²) in [6, 6.07) is 5.72. The third-order valence-corrected chi connectivity index (χ3v) is 1.75. The van der Waals surface area contributed by atoms with E-state index in [2.05, 4.69) is 21.1 Å². The molecule has 0 spiro atoms. The molecule has 0 saturated carbocycles. The van der Waals surface area contributed by atoms with E-state index in [0.29, 0.717) is 12.2 Å². The van der Waals surface area contributed by atoms with Gasteiger partial charge in [0.1, 0.15) is 12.7 Å². The quantitative estimate of drug-likeness (QED) is 0.691. The number of hydrogen-bond acceptors (Lipinski definition) is 4. The predicted molar refractivity (Wildman–Crippen MR) is 48.5 cm³/mol. The molecule has 0 aliphatic rings. The highest BCUT2D eigenvalue weighted by Gasteiger charge is 1.97. The molecule has 5 heteroatoms. The lowest BCUT2D eigenvalue weighted by Gasteiger charge is -1.99. The average molecular weight is 185 g/mol. The van der Waals surface area contributed by atoms with Gasteiger partial charge in [-0.2, -0.15) is 10.4 Å². The molecular formula is C9H7N5. The van der Waals surface area contributed by atoms with Gasteiger partial charge in [0.05, 0.1) is 12.5 Å². The highest BCUT2D eigenvalue weighted by molar-refractivity contribution is 5.25. The van der Waals surface area contributed by atoms with Gasteiger partial charge in [-0.1, -0.05) is 6.07 Å². The highest BCUT2D eigenvalue weighted by Crippen LogP contribution is 2.03. The van der Waals surface area contributed by atoms with E-state index in [1.807, 2.05) is 6.07 Å². The summed E-state index contributed by atoms with van der Waals surface area (Å²) in [7, 11) is 0. The van der Waals surface area contributed by atoms with Gasteiger partial charge in [-0.3, -0.25) is 0 Å². The summed E-state index contributed by atoms with van der Waals surface area (Å²) in [5, 5.41) is 12.4. The van der Waals surface area contributed by atoms with Crippen molar-refractivity contribution in [2.75, 3.05) is 0 Å². The van der Waals surface area contributed by atoms with Crippen LogP contribution in [-0.2, 0) is 6.42 Å². The van der Waals surface area contributed by atoms with Crippen molar-refractivity contribution in [2.24, 2.45) is 0 Å². The molecule has 2 aromatic rings. The van der Waals surface area contributed by atoms with Crippen molar-refractivity contribution in [1.29, 1.82) is 5.26 Å². The monoisotopic (exact) mass is 185 g/mol. The fraction of sp³-hybridized carbons (Fsp3) is 0.111. The number of pyridine rings is 1. The normalized spacial score (nSPS) is 9.64. The molecule has 0 radical (unpaired) electrons. The first-order valence-electron chi connectivity index (χ1n) is 4.07. The number of rotatable bonds is 2. The van der Waals surface area contributed by atoms with E-state index in [0.717, 1.165) is 5.56 Å². The number of aromatic nitrogens is 4. The van der Waals surface area contributed by atoms with Gasteiger partial charge in [0.2, 0.25) is 0 Å². The van der Waals surface area contributed by atoms with Gasteiger partial charge in [0.25, 0.3) is 0 Å². The summed E-state index contributed by atoms with van der Waals surface area (Å²) in [6.07, 6.45) is 5.07. The molecule has 0 bridgehead atoms. The Morgan fingerprint density at radius 3 is 2.93 bits per heavy atom. The molecule has 5 nitrogen and oxygen atoms in total. The smallest absolute Gasteiger partial charge is 0.155 e. The zero-order valence-electron chi connectivity index (χ0n) is 7.33. The van der Waals surface area contributed by atoms with Crippen LogP contribution in [0.5, 0.6) is 0 Å². The van der Waals surface area contributed by atoms with Gasteiger partial charge in [-0.15, -0.1) is 0 Å². The van der Waals surface area contributed by atoms with Crippen LogP contribution in [0.2, 0.25) is 0 Å². The van der Waals surface area contributed by atoms with E-state index in [9.17, 15) is 0 Å². The Hall–Kier alpha value is -2.22. The summed E-state index contributed by atoms with van der Waals surface area (Å²) in [5.41, 5.74) is 0.899. The first-order chi connectivity index (χ1) is 6.90. The summed E-state index contributed by atoms with van der Waals surface area (Å²) in [6.45, 7) is 0. The second kappa shape index (κ2) is 3.66. The van der Waals surface area contributed by atoms with Crippen molar-refractivity contribution >= 4 is 0 Å². The van der Waals surface area contributed by atoms with Crippen molar-refractivity contribution in [3.05, 3.63) is 36.5 Å². The van der Waals surface area contributed by atoms with Crippen LogP contribution in [0.15, 0.2) is 31.0 Å². The van der Waals surface area contributed by atoms with Gasteiger partial charge in [-0.25, -0.2) is 14.6 Å². The van der Waals surface area contributed by atoms with E-state index in [-0.39, 0.29) is 0 Å². The maximum Gasteiger partial charge on any atom is 0.155 e. The average Bonchev–Trinajstić information content (AvgIpc) is 2.72. The first kappa shape index (κ1) is 8.38. The molecule has 0 amide bonds. The minimum atomic E-state index is 0.380. The Morgan fingerprint density at radius 1 is 1.43 bits per heavy atom. The van der Waals surface area contributed by atoms with E-state index in [1.54, 1.807) is 23.3 Å². The van der Waals surface area contributed by atoms with Crippen LogP contribution in [-0.4, -0.2) is 19.7 Å². The Morgan fingerprint density at radius 2 is 2.36 bits per heavy atom. The molecule has 0 aliphatic heterocycles. The molecule has 2 rings (SSSR count). The molecule has 0 aromatic carbocycles. The molecule has 0 fully saturated rings. The van der Waals surface area contributed by atoms with Crippen molar-refractivity contribution in [2.45, 2.75) is 6.42 Å². The standard InChI is InChI=1S/C9H7N5/c10-4-3-8-1-2-9(12-5-8)14-7-11-6-13-14/h1-2,5-7H,3H2. The van der Waals surface area contributed by atoms with E-state index >= 15 is 0 Å². The van der Waals surface area contributed by atoms with Crippen molar-refractivity contribution in [3.63, 3.8) is 0 Å². The number of nitriles is 1.